The van der Waals surface area contributed by atoms with Crippen LogP contribution < -0.4 is 4.74 Å². The Bertz CT molecular complexity index is 892. The summed E-state index contributed by atoms with van der Waals surface area (Å²) in [6, 6.07) is 10.7. The Kier molecular flexibility index (Phi) is 6.86. The van der Waals surface area contributed by atoms with Crippen molar-refractivity contribution in [1.82, 2.24) is 4.90 Å². The normalized spacial score (nSPS) is 10.1. The van der Waals surface area contributed by atoms with Gasteiger partial charge in [-0.25, -0.2) is 4.79 Å². The van der Waals surface area contributed by atoms with Crippen molar-refractivity contribution in [2.24, 2.45) is 0 Å². The van der Waals surface area contributed by atoms with Crippen LogP contribution in [0, 0.1) is 10.1 Å². The van der Waals surface area contributed by atoms with Crippen LogP contribution in [0.1, 0.15) is 26.3 Å². The second-order valence-electron chi connectivity index (χ2n) is 5.92. The Morgan fingerprint density at radius 1 is 1.18 bits per heavy atom. The van der Waals surface area contributed by atoms with Gasteiger partial charge in [0.1, 0.15) is 12.4 Å². The highest BCUT2D eigenvalue weighted by Crippen LogP contribution is 2.20. The molecular weight excluding hydrogens is 364 g/mol. The molecule has 146 valence electrons. The fourth-order valence-electron chi connectivity index (χ4n) is 2.49. The first-order valence-corrected chi connectivity index (χ1v) is 8.31. The minimum Gasteiger partial charge on any atom is -0.490 e. The molecule has 0 aliphatic heterocycles. The average Bonchev–Trinajstić information content (AvgIpc) is 2.71. The third-order valence-electron chi connectivity index (χ3n) is 3.85. The molecule has 0 heterocycles. The number of benzene rings is 2. The maximum absolute atomic E-state index is 12.7. The topological polar surface area (TPSA) is 99.0 Å². The van der Waals surface area contributed by atoms with Gasteiger partial charge in [0.25, 0.3) is 11.6 Å². The molecule has 0 unspecified atom stereocenters. The molecule has 2 aromatic carbocycles. The summed E-state index contributed by atoms with van der Waals surface area (Å²) in [5.41, 5.74) is 0.462. The lowest BCUT2D eigenvalue weighted by Gasteiger charge is -2.18. The van der Waals surface area contributed by atoms with Gasteiger partial charge < -0.3 is 14.4 Å². The maximum atomic E-state index is 12.7. The fourth-order valence-corrected chi connectivity index (χ4v) is 2.49. The van der Waals surface area contributed by atoms with Crippen molar-refractivity contribution < 1.29 is 24.0 Å². The number of nitro groups is 1. The Morgan fingerprint density at radius 3 is 2.39 bits per heavy atom. The van der Waals surface area contributed by atoms with Crippen LogP contribution in [0.25, 0.3) is 0 Å². The third kappa shape index (κ3) is 5.16. The number of hydrogen-bond acceptors (Lipinski definition) is 6. The van der Waals surface area contributed by atoms with Crippen molar-refractivity contribution >= 4 is 17.6 Å². The SMILES string of the molecule is C=CCOc1ccc(CN(C)C(=O)c2cc(C(=O)OC)cc([N+](=O)[O-])c2)cc1. The molecule has 8 nitrogen and oxygen atoms in total. The number of carbonyl (C=O) groups is 2. The molecule has 0 fully saturated rings. The van der Waals surface area contributed by atoms with E-state index in [4.69, 9.17) is 4.74 Å². The molecule has 0 aromatic heterocycles. The van der Waals surface area contributed by atoms with E-state index in [0.29, 0.717) is 12.4 Å². The lowest BCUT2D eigenvalue weighted by atomic mass is 10.1. The van der Waals surface area contributed by atoms with Gasteiger partial charge in [0, 0.05) is 31.3 Å². The second-order valence-corrected chi connectivity index (χ2v) is 5.92. The summed E-state index contributed by atoms with van der Waals surface area (Å²) < 4.78 is 10.0. The number of ether oxygens (including phenoxy) is 2. The van der Waals surface area contributed by atoms with E-state index in [-0.39, 0.29) is 23.4 Å². The number of methoxy groups -OCH3 is 1. The van der Waals surface area contributed by atoms with Gasteiger partial charge in [0.2, 0.25) is 0 Å². The highest BCUT2D eigenvalue weighted by Gasteiger charge is 2.20. The molecule has 2 aromatic rings. The van der Waals surface area contributed by atoms with Crippen LogP contribution in [0.4, 0.5) is 5.69 Å². The van der Waals surface area contributed by atoms with Gasteiger partial charge >= 0.3 is 5.97 Å². The standard InChI is InChI=1S/C20H20N2O6/c1-4-9-28-18-7-5-14(6-8-18)13-21(2)19(23)15-10-16(20(24)27-3)12-17(11-15)22(25)26/h4-8,10-12H,1,9,13H2,2-3H3. The monoisotopic (exact) mass is 384 g/mol. The van der Waals surface area contributed by atoms with Gasteiger partial charge in [0.15, 0.2) is 0 Å². The number of non-ortho nitro benzene ring substituents is 1. The molecule has 0 atom stereocenters. The number of carbonyl (C=O) groups excluding carboxylic acids is 2. The van der Waals surface area contributed by atoms with Crippen LogP contribution in [0.2, 0.25) is 0 Å². The summed E-state index contributed by atoms with van der Waals surface area (Å²) in [6.07, 6.45) is 1.64. The smallest absolute Gasteiger partial charge is 0.338 e. The Balaban J connectivity index is 2.19. The van der Waals surface area contributed by atoms with Gasteiger partial charge in [-0.1, -0.05) is 24.8 Å². The summed E-state index contributed by atoms with van der Waals surface area (Å²) in [5.74, 6) is -0.532. The molecule has 0 radical (unpaired) electrons. The van der Waals surface area contributed by atoms with Gasteiger partial charge in [-0.05, 0) is 23.8 Å². The van der Waals surface area contributed by atoms with Crippen molar-refractivity contribution in [3.05, 3.63) is 81.9 Å². The van der Waals surface area contributed by atoms with Crippen molar-refractivity contribution in [3.63, 3.8) is 0 Å². The van der Waals surface area contributed by atoms with Crippen molar-refractivity contribution in [1.29, 1.82) is 0 Å². The minimum absolute atomic E-state index is 0.0306. The summed E-state index contributed by atoms with van der Waals surface area (Å²) >= 11 is 0. The lowest BCUT2D eigenvalue weighted by Crippen LogP contribution is -2.26. The summed E-state index contributed by atoms with van der Waals surface area (Å²) in [6.45, 7) is 4.25. The Labute approximate surface area is 162 Å². The summed E-state index contributed by atoms with van der Waals surface area (Å²) in [5, 5.41) is 11.1. The number of amides is 1. The molecular formula is C20H20N2O6. The third-order valence-corrected chi connectivity index (χ3v) is 3.85. The number of rotatable bonds is 8. The largest absolute Gasteiger partial charge is 0.490 e. The predicted octanol–water partition coefficient (Wildman–Crippen LogP) is 3.22. The van der Waals surface area contributed by atoms with Crippen LogP contribution in [-0.4, -0.2) is 42.5 Å². The molecule has 0 N–H and O–H groups in total. The number of nitrogens with zero attached hydrogens (tertiary/aromatic N) is 2. The number of nitro benzene ring substituents is 1. The summed E-state index contributed by atoms with van der Waals surface area (Å²) in [7, 11) is 2.73. The van der Waals surface area contributed by atoms with Gasteiger partial charge in [-0.15, -0.1) is 0 Å². The van der Waals surface area contributed by atoms with Crippen molar-refractivity contribution in [2.45, 2.75) is 6.54 Å². The first-order chi connectivity index (χ1) is 13.3. The van der Waals surface area contributed by atoms with Gasteiger partial charge in [-0.3, -0.25) is 14.9 Å². The molecule has 0 saturated carbocycles. The molecule has 0 aliphatic rings. The maximum Gasteiger partial charge on any atom is 0.338 e. The van der Waals surface area contributed by atoms with E-state index in [9.17, 15) is 19.7 Å². The first kappa shape index (κ1) is 20.6. The predicted molar refractivity (Wildman–Crippen MR) is 102 cm³/mol. The molecule has 0 saturated heterocycles. The van der Waals surface area contributed by atoms with E-state index in [0.717, 1.165) is 24.8 Å². The van der Waals surface area contributed by atoms with Crippen LogP contribution in [-0.2, 0) is 11.3 Å². The average molecular weight is 384 g/mol. The van der Waals surface area contributed by atoms with Crippen molar-refractivity contribution in [3.8, 4) is 5.75 Å². The molecule has 2 rings (SSSR count). The van der Waals surface area contributed by atoms with E-state index < -0.39 is 16.8 Å². The van der Waals surface area contributed by atoms with Crippen LogP contribution >= 0.6 is 0 Å². The zero-order valence-corrected chi connectivity index (χ0v) is 15.6. The zero-order chi connectivity index (χ0) is 20.7. The number of esters is 1. The van der Waals surface area contributed by atoms with Crippen LogP contribution in [0.3, 0.4) is 0 Å². The quantitative estimate of drug-likeness (QED) is 0.300. The molecule has 1 amide bonds. The first-order valence-electron chi connectivity index (χ1n) is 8.31. The fraction of sp³-hybridized carbons (Fsp3) is 0.200. The second kappa shape index (κ2) is 9.31. The van der Waals surface area contributed by atoms with E-state index in [1.165, 1.54) is 11.0 Å². The lowest BCUT2D eigenvalue weighted by molar-refractivity contribution is -0.384. The highest BCUT2D eigenvalue weighted by atomic mass is 16.6. The highest BCUT2D eigenvalue weighted by molar-refractivity contribution is 5.98. The minimum atomic E-state index is -0.754. The van der Waals surface area contributed by atoms with E-state index in [1.54, 1.807) is 25.3 Å². The molecule has 0 aliphatic carbocycles. The van der Waals surface area contributed by atoms with E-state index >= 15 is 0 Å². The Morgan fingerprint density at radius 2 is 1.82 bits per heavy atom. The zero-order valence-electron chi connectivity index (χ0n) is 15.6. The summed E-state index contributed by atoms with van der Waals surface area (Å²) in [4.78, 5) is 36.3. The molecule has 28 heavy (non-hydrogen) atoms. The van der Waals surface area contributed by atoms with Crippen LogP contribution in [0.15, 0.2) is 55.1 Å². The molecule has 8 heteroatoms. The number of hydrogen-bond donors (Lipinski definition) is 0. The van der Waals surface area contributed by atoms with Crippen molar-refractivity contribution in [2.75, 3.05) is 20.8 Å². The van der Waals surface area contributed by atoms with Gasteiger partial charge in [-0.2, -0.15) is 0 Å². The van der Waals surface area contributed by atoms with Gasteiger partial charge in [0.05, 0.1) is 17.6 Å². The molecule has 0 spiro atoms. The van der Waals surface area contributed by atoms with Crippen LogP contribution in [0.5, 0.6) is 5.75 Å². The van der Waals surface area contributed by atoms with E-state index in [2.05, 4.69) is 11.3 Å². The Hall–Kier alpha value is -3.68. The molecule has 0 bridgehead atoms. The van der Waals surface area contributed by atoms with E-state index in [1.807, 2.05) is 12.1 Å².